The fraction of sp³-hybridized carbons (Fsp3) is 0.733. The average molecular weight is 357 g/mol. The van der Waals surface area contributed by atoms with E-state index in [9.17, 15) is 4.79 Å². The fourth-order valence-corrected chi connectivity index (χ4v) is 3.34. The predicted molar refractivity (Wildman–Crippen MR) is 90.0 cm³/mol. The summed E-state index contributed by atoms with van der Waals surface area (Å²) in [4.78, 5) is 14.6. The summed E-state index contributed by atoms with van der Waals surface area (Å²) in [7, 11) is 2.06. The van der Waals surface area contributed by atoms with Crippen molar-refractivity contribution in [1.29, 1.82) is 0 Å². The number of hydrogen-bond acceptors (Lipinski definition) is 4. The van der Waals surface area contributed by atoms with Gasteiger partial charge in [0.1, 0.15) is 4.47 Å². The Hall–Kier alpha value is -0.880. The molecule has 1 fully saturated rings. The average Bonchev–Trinajstić information content (AvgIpc) is 2.77. The maximum absolute atomic E-state index is 12.4. The molecule has 1 atom stereocenters. The first-order valence-corrected chi connectivity index (χ1v) is 8.63. The topological polar surface area (TPSA) is 50.2 Å². The van der Waals surface area contributed by atoms with Gasteiger partial charge in [0.15, 0.2) is 0 Å². The Morgan fingerprint density at radius 3 is 3.05 bits per heavy atom. The van der Waals surface area contributed by atoms with Crippen LogP contribution in [-0.2, 0) is 6.54 Å². The summed E-state index contributed by atoms with van der Waals surface area (Å²) in [6, 6.07) is 0.462. The summed E-state index contributed by atoms with van der Waals surface area (Å²) in [5.41, 5.74) is 0.874. The molecule has 2 heterocycles. The minimum atomic E-state index is -0.0282. The zero-order valence-electron chi connectivity index (χ0n) is 12.9. The highest BCUT2D eigenvalue weighted by molar-refractivity contribution is 9.10. The van der Waals surface area contributed by atoms with Crippen LogP contribution in [0.5, 0.6) is 0 Å². The smallest absolute Gasteiger partial charge is 0.283 e. The quantitative estimate of drug-likeness (QED) is 0.879. The lowest BCUT2D eigenvalue weighted by Gasteiger charge is -2.29. The number of nitrogens with one attached hydrogen (secondary N) is 1. The summed E-state index contributed by atoms with van der Waals surface area (Å²) in [5.74, 6) is 0. The van der Waals surface area contributed by atoms with Gasteiger partial charge in [-0.1, -0.05) is 13.3 Å². The Labute approximate surface area is 134 Å². The number of halogens is 1. The van der Waals surface area contributed by atoms with E-state index >= 15 is 0 Å². The Morgan fingerprint density at radius 1 is 1.48 bits per heavy atom. The normalized spacial score (nSPS) is 19.3. The van der Waals surface area contributed by atoms with Crippen molar-refractivity contribution in [3.63, 3.8) is 0 Å². The van der Waals surface area contributed by atoms with Crippen LogP contribution < -0.4 is 15.8 Å². The molecule has 1 N–H and O–H groups in total. The van der Waals surface area contributed by atoms with E-state index in [0.717, 1.165) is 44.5 Å². The first-order chi connectivity index (χ1) is 10.1. The Bertz CT molecular complexity index is 509. The minimum absolute atomic E-state index is 0.0282. The van der Waals surface area contributed by atoms with Gasteiger partial charge in [0.25, 0.3) is 5.56 Å². The van der Waals surface area contributed by atoms with E-state index in [1.54, 1.807) is 4.68 Å². The minimum Gasteiger partial charge on any atom is -0.369 e. The molecule has 0 amide bonds. The van der Waals surface area contributed by atoms with Crippen molar-refractivity contribution in [3.8, 4) is 0 Å². The molecule has 1 aromatic rings. The molecule has 1 aromatic heterocycles. The predicted octanol–water partition coefficient (Wildman–Crippen LogP) is 2.38. The second-order valence-corrected chi connectivity index (χ2v) is 6.46. The van der Waals surface area contributed by atoms with Crippen LogP contribution in [0.25, 0.3) is 0 Å². The van der Waals surface area contributed by atoms with Gasteiger partial charge >= 0.3 is 0 Å². The fourth-order valence-electron chi connectivity index (χ4n) is 2.75. The molecule has 0 saturated carbocycles. The largest absolute Gasteiger partial charge is 0.369 e. The van der Waals surface area contributed by atoms with E-state index in [4.69, 9.17) is 0 Å². The van der Waals surface area contributed by atoms with E-state index in [1.807, 2.05) is 6.20 Å². The van der Waals surface area contributed by atoms with Gasteiger partial charge in [-0.05, 0) is 54.7 Å². The van der Waals surface area contributed by atoms with Gasteiger partial charge < -0.3 is 10.2 Å². The van der Waals surface area contributed by atoms with Crippen LogP contribution >= 0.6 is 15.9 Å². The van der Waals surface area contributed by atoms with Crippen molar-refractivity contribution >= 4 is 21.6 Å². The van der Waals surface area contributed by atoms with Crippen LogP contribution in [-0.4, -0.2) is 36.0 Å². The lowest BCUT2D eigenvalue weighted by molar-refractivity contribution is 0.532. The zero-order chi connectivity index (χ0) is 15.2. The van der Waals surface area contributed by atoms with Crippen molar-refractivity contribution < 1.29 is 0 Å². The van der Waals surface area contributed by atoms with Crippen LogP contribution in [0.4, 0.5) is 5.69 Å². The molecule has 21 heavy (non-hydrogen) atoms. The van der Waals surface area contributed by atoms with E-state index in [0.29, 0.717) is 17.1 Å². The number of rotatable bonds is 5. The van der Waals surface area contributed by atoms with Crippen LogP contribution in [0, 0.1) is 0 Å². The number of unbranched alkanes of at least 4 members (excludes halogenated alkanes) is 1. The van der Waals surface area contributed by atoms with Crippen molar-refractivity contribution in [2.45, 2.75) is 51.6 Å². The lowest BCUT2D eigenvalue weighted by atomic mass is 10.1. The molecule has 1 unspecified atom stereocenters. The van der Waals surface area contributed by atoms with Crippen LogP contribution in [0.1, 0.15) is 39.0 Å². The third-order valence-corrected chi connectivity index (χ3v) is 4.91. The molecule has 0 aliphatic carbocycles. The summed E-state index contributed by atoms with van der Waals surface area (Å²) < 4.78 is 2.19. The molecule has 2 rings (SSSR count). The highest BCUT2D eigenvalue weighted by Gasteiger charge is 2.20. The van der Waals surface area contributed by atoms with Gasteiger partial charge in [0.05, 0.1) is 11.9 Å². The van der Waals surface area contributed by atoms with E-state index < -0.39 is 0 Å². The summed E-state index contributed by atoms with van der Waals surface area (Å²) in [5, 5.41) is 7.75. The van der Waals surface area contributed by atoms with Gasteiger partial charge in [0.2, 0.25) is 0 Å². The maximum Gasteiger partial charge on any atom is 0.283 e. The highest BCUT2D eigenvalue weighted by Crippen LogP contribution is 2.25. The Balaban J connectivity index is 2.19. The van der Waals surface area contributed by atoms with Crippen LogP contribution in [0.2, 0.25) is 0 Å². The number of hydrogen-bond donors (Lipinski definition) is 1. The van der Waals surface area contributed by atoms with Crippen molar-refractivity contribution in [1.82, 2.24) is 15.1 Å². The first-order valence-electron chi connectivity index (χ1n) is 7.84. The summed E-state index contributed by atoms with van der Waals surface area (Å²) >= 11 is 3.48. The SMILES string of the molecule is CCCCn1ncc(N(C)C2CCCNCC2)c(Br)c1=O. The molecular formula is C15H25BrN4O. The monoisotopic (exact) mass is 356 g/mol. The molecule has 1 saturated heterocycles. The maximum atomic E-state index is 12.4. The number of anilines is 1. The lowest BCUT2D eigenvalue weighted by Crippen LogP contribution is -2.35. The summed E-state index contributed by atoms with van der Waals surface area (Å²) in [6.07, 6.45) is 7.27. The van der Waals surface area contributed by atoms with Crippen LogP contribution in [0.3, 0.4) is 0 Å². The highest BCUT2D eigenvalue weighted by atomic mass is 79.9. The third-order valence-electron chi connectivity index (χ3n) is 4.16. The third kappa shape index (κ3) is 4.07. The second kappa shape index (κ2) is 7.94. The van der Waals surface area contributed by atoms with Gasteiger partial charge in [-0.25, -0.2) is 4.68 Å². The van der Waals surface area contributed by atoms with Crippen molar-refractivity contribution in [3.05, 3.63) is 21.0 Å². The Morgan fingerprint density at radius 2 is 2.29 bits per heavy atom. The summed E-state index contributed by atoms with van der Waals surface area (Å²) in [6.45, 7) is 4.92. The molecule has 118 valence electrons. The van der Waals surface area contributed by atoms with Crippen molar-refractivity contribution in [2.75, 3.05) is 25.0 Å². The van der Waals surface area contributed by atoms with E-state index in [1.165, 1.54) is 6.42 Å². The first kappa shape index (κ1) is 16.5. The molecule has 0 bridgehead atoms. The van der Waals surface area contributed by atoms with Crippen LogP contribution in [0.15, 0.2) is 15.5 Å². The second-order valence-electron chi connectivity index (χ2n) is 5.67. The molecule has 5 nitrogen and oxygen atoms in total. The van der Waals surface area contributed by atoms with Gasteiger partial charge in [-0.3, -0.25) is 4.79 Å². The van der Waals surface area contributed by atoms with Crippen molar-refractivity contribution in [2.24, 2.45) is 0 Å². The molecule has 1 aliphatic rings. The molecule has 0 radical (unpaired) electrons. The molecule has 0 spiro atoms. The Kier molecular flexibility index (Phi) is 6.23. The molecular weight excluding hydrogens is 332 g/mol. The van der Waals surface area contributed by atoms with Gasteiger partial charge in [0, 0.05) is 19.6 Å². The van der Waals surface area contributed by atoms with E-state index in [2.05, 4.69) is 45.2 Å². The molecule has 0 aromatic carbocycles. The molecule has 6 heteroatoms. The zero-order valence-corrected chi connectivity index (χ0v) is 14.5. The number of aryl methyl sites for hydroxylation is 1. The van der Waals surface area contributed by atoms with E-state index in [-0.39, 0.29) is 5.56 Å². The number of nitrogens with zero attached hydrogens (tertiary/aromatic N) is 3. The van der Waals surface area contributed by atoms with Gasteiger partial charge in [-0.2, -0.15) is 5.10 Å². The molecule has 1 aliphatic heterocycles. The van der Waals surface area contributed by atoms with Gasteiger partial charge in [-0.15, -0.1) is 0 Å². The standard InChI is InChI=1S/C15H25BrN4O/c1-3-4-10-20-15(21)14(16)13(11-18-20)19(2)12-6-5-8-17-9-7-12/h11-12,17H,3-10H2,1-2H3. The number of aromatic nitrogens is 2.